The molecule has 1 amide bonds. The van der Waals surface area contributed by atoms with Gasteiger partial charge in [0, 0.05) is 32.2 Å². The zero-order chi connectivity index (χ0) is 20.8. The maximum atomic E-state index is 13.4. The highest BCUT2D eigenvalue weighted by Gasteiger charge is 2.46. The van der Waals surface area contributed by atoms with Gasteiger partial charge in [-0.15, -0.1) is 0 Å². The number of benzene rings is 1. The summed E-state index contributed by atoms with van der Waals surface area (Å²) in [7, 11) is 0. The van der Waals surface area contributed by atoms with E-state index in [2.05, 4.69) is 4.90 Å². The highest BCUT2D eigenvalue weighted by atomic mass is 19.4. The molecular weight excluding hydrogens is 392 g/mol. The van der Waals surface area contributed by atoms with Crippen LogP contribution in [-0.2, 0) is 10.9 Å². The number of halogens is 4. The fourth-order valence-corrected chi connectivity index (χ4v) is 4.98. The second-order valence-electron chi connectivity index (χ2n) is 8.17. The molecule has 0 radical (unpaired) electrons. The predicted octanol–water partition coefficient (Wildman–Crippen LogP) is 2.39. The minimum absolute atomic E-state index is 0.0215. The van der Waals surface area contributed by atoms with E-state index in [1.54, 1.807) is 0 Å². The van der Waals surface area contributed by atoms with Crippen molar-refractivity contribution in [3.8, 4) is 0 Å². The number of amides is 1. The molecule has 3 fully saturated rings. The molecular formula is C20H24F4N2O3. The first-order chi connectivity index (χ1) is 13.7. The summed E-state index contributed by atoms with van der Waals surface area (Å²) in [5.74, 6) is -1.57. The Morgan fingerprint density at radius 3 is 2.41 bits per heavy atom. The molecule has 2 heterocycles. The summed E-state index contributed by atoms with van der Waals surface area (Å²) < 4.78 is 58.6. The van der Waals surface area contributed by atoms with E-state index in [-0.39, 0.29) is 17.9 Å². The van der Waals surface area contributed by atoms with Crippen molar-refractivity contribution in [2.45, 2.75) is 31.2 Å². The monoisotopic (exact) mass is 416 g/mol. The van der Waals surface area contributed by atoms with Crippen LogP contribution in [0.3, 0.4) is 0 Å². The number of hydrogen-bond acceptors (Lipinski definition) is 4. The van der Waals surface area contributed by atoms with Crippen molar-refractivity contribution in [2.24, 2.45) is 11.8 Å². The van der Waals surface area contributed by atoms with Gasteiger partial charge in [-0.1, -0.05) is 0 Å². The number of morpholine rings is 1. The first-order valence-corrected chi connectivity index (χ1v) is 9.90. The van der Waals surface area contributed by atoms with Gasteiger partial charge in [-0.25, -0.2) is 4.39 Å². The number of aliphatic hydroxyl groups excluding tert-OH is 1. The van der Waals surface area contributed by atoms with Crippen LogP contribution in [0.15, 0.2) is 18.2 Å². The fraction of sp³-hybridized carbons (Fsp3) is 0.650. The first kappa shape index (κ1) is 20.6. The molecule has 1 saturated carbocycles. The topological polar surface area (TPSA) is 53.0 Å². The normalized spacial score (nSPS) is 31.0. The van der Waals surface area contributed by atoms with Crippen LogP contribution in [0.5, 0.6) is 0 Å². The number of alkyl halides is 3. The van der Waals surface area contributed by atoms with Crippen molar-refractivity contribution in [3.63, 3.8) is 0 Å². The third-order valence-corrected chi connectivity index (χ3v) is 6.43. The van der Waals surface area contributed by atoms with Crippen LogP contribution in [-0.4, -0.2) is 72.4 Å². The molecule has 5 nitrogen and oxygen atoms in total. The van der Waals surface area contributed by atoms with Crippen LogP contribution in [0.2, 0.25) is 0 Å². The van der Waals surface area contributed by atoms with Crippen molar-refractivity contribution in [3.05, 3.63) is 35.1 Å². The van der Waals surface area contributed by atoms with E-state index in [1.165, 1.54) is 4.90 Å². The average molecular weight is 416 g/mol. The van der Waals surface area contributed by atoms with Gasteiger partial charge in [0.25, 0.3) is 5.91 Å². The van der Waals surface area contributed by atoms with Crippen LogP contribution >= 0.6 is 0 Å². The Morgan fingerprint density at radius 1 is 1.10 bits per heavy atom. The summed E-state index contributed by atoms with van der Waals surface area (Å²) in [4.78, 5) is 16.5. The molecule has 4 atom stereocenters. The lowest BCUT2D eigenvalue weighted by Gasteiger charge is -2.43. The standard InChI is InChI=1S/C20H24F4N2O3/c21-14-1-2-15(16(9-14)20(22,23)24)19(28)26-10-12-7-17(18(27)8-13(12)11-26)25-3-5-29-6-4-25/h1-2,9,12-13,17-18,27H,3-8,10-11H2/t12-,13+,17-,18-/m1/s1. The molecule has 160 valence electrons. The quantitative estimate of drug-likeness (QED) is 0.753. The van der Waals surface area contributed by atoms with Gasteiger partial charge in [0.15, 0.2) is 0 Å². The molecule has 29 heavy (non-hydrogen) atoms. The summed E-state index contributed by atoms with van der Waals surface area (Å²) in [6.07, 6.45) is -4.12. The van der Waals surface area contributed by atoms with Gasteiger partial charge in [0.1, 0.15) is 5.82 Å². The molecule has 0 unspecified atom stereocenters. The summed E-state index contributed by atoms with van der Waals surface area (Å²) in [6.45, 7) is 3.38. The molecule has 2 aliphatic heterocycles. The van der Waals surface area contributed by atoms with Gasteiger partial charge in [-0.3, -0.25) is 9.69 Å². The van der Waals surface area contributed by atoms with Crippen molar-refractivity contribution in [2.75, 3.05) is 39.4 Å². The second-order valence-corrected chi connectivity index (χ2v) is 8.17. The van der Waals surface area contributed by atoms with Crippen LogP contribution in [0.4, 0.5) is 17.6 Å². The van der Waals surface area contributed by atoms with E-state index in [0.717, 1.165) is 25.2 Å². The Labute approximate surface area is 166 Å². The maximum absolute atomic E-state index is 13.4. The van der Waals surface area contributed by atoms with Gasteiger partial charge in [0.05, 0.1) is 30.4 Å². The molecule has 0 bridgehead atoms. The molecule has 9 heteroatoms. The minimum atomic E-state index is -4.81. The highest BCUT2D eigenvalue weighted by molar-refractivity contribution is 5.96. The number of hydrogen-bond donors (Lipinski definition) is 1. The molecule has 3 aliphatic rings. The van der Waals surface area contributed by atoms with Crippen LogP contribution in [0.1, 0.15) is 28.8 Å². The molecule has 0 spiro atoms. The lowest BCUT2D eigenvalue weighted by atomic mass is 9.77. The minimum Gasteiger partial charge on any atom is -0.391 e. The van der Waals surface area contributed by atoms with Crippen LogP contribution in [0, 0.1) is 17.7 Å². The summed E-state index contributed by atoms with van der Waals surface area (Å²) >= 11 is 0. The Morgan fingerprint density at radius 2 is 1.76 bits per heavy atom. The van der Waals surface area contributed by atoms with E-state index >= 15 is 0 Å². The lowest BCUT2D eigenvalue weighted by Crippen LogP contribution is -2.53. The van der Waals surface area contributed by atoms with Crippen LogP contribution in [0.25, 0.3) is 0 Å². The number of ether oxygens (including phenoxy) is 1. The third kappa shape index (κ3) is 4.13. The molecule has 1 N–H and O–H groups in total. The summed E-state index contributed by atoms with van der Waals surface area (Å²) in [6, 6.07) is 2.14. The van der Waals surface area contributed by atoms with Gasteiger partial charge < -0.3 is 14.7 Å². The van der Waals surface area contributed by atoms with E-state index < -0.39 is 35.1 Å². The Kier molecular flexibility index (Phi) is 5.56. The van der Waals surface area contributed by atoms with Crippen molar-refractivity contribution in [1.29, 1.82) is 0 Å². The number of rotatable bonds is 2. The number of nitrogens with zero attached hydrogens (tertiary/aromatic N) is 2. The Balaban J connectivity index is 1.49. The molecule has 1 aliphatic carbocycles. The largest absolute Gasteiger partial charge is 0.417 e. The van der Waals surface area contributed by atoms with E-state index in [1.807, 2.05) is 0 Å². The molecule has 1 aromatic carbocycles. The average Bonchev–Trinajstić information content (AvgIpc) is 3.09. The second kappa shape index (κ2) is 7.85. The molecule has 1 aromatic rings. The number of fused-ring (bicyclic) bond motifs is 1. The molecule has 2 saturated heterocycles. The van der Waals surface area contributed by atoms with Crippen molar-refractivity contribution < 1.29 is 32.2 Å². The van der Waals surface area contributed by atoms with Gasteiger partial charge in [-0.05, 0) is 42.9 Å². The predicted molar refractivity (Wildman–Crippen MR) is 95.7 cm³/mol. The summed E-state index contributed by atoms with van der Waals surface area (Å²) in [5.41, 5.74) is -1.77. The summed E-state index contributed by atoms with van der Waals surface area (Å²) in [5, 5.41) is 10.6. The Hall–Kier alpha value is -1.71. The number of likely N-dealkylation sites (tertiary alicyclic amines) is 1. The first-order valence-electron chi connectivity index (χ1n) is 9.90. The lowest BCUT2D eigenvalue weighted by molar-refractivity contribution is -0.138. The van der Waals surface area contributed by atoms with E-state index in [0.29, 0.717) is 45.2 Å². The third-order valence-electron chi connectivity index (χ3n) is 6.43. The number of carbonyl (C=O) groups is 1. The van der Waals surface area contributed by atoms with E-state index in [9.17, 15) is 27.5 Å². The van der Waals surface area contributed by atoms with Crippen molar-refractivity contribution in [1.82, 2.24) is 9.80 Å². The zero-order valence-electron chi connectivity index (χ0n) is 15.9. The smallest absolute Gasteiger partial charge is 0.391 e. The highest BCUT2D eigenvalue weighted by Crippen LogP contribution is 2.40. The maximum Gasteiger partial charge on any atom is 0.417 e. The van der Waals surface area contributed by atoms with Gasteiger partial charge in [0.2, 0.25) is 0 Å². The zero-order valence-corrected chi connectivity index (χ0v) is 15.9. The van der Waals surface area contributed by atoms with Gasteiger partial charge >= 0.3 is 6.18 Å². The SMILES string of the molecule is O=C(c1ccc(F)cc1C(F)(F)F)N1C[C@H]2C[C@@H](N3CCOCC3)[C@H](O)C[C@H]2C1. The van der Waals surface area contributed by atoms with Crippen LogP contribution < -0.4 is 0 Å². The molecule has 0 aromatic heterocycles. The van der Waals surface area contributed by atoms with Crippen molar-refractivity contribution >= 4 is 5.91 Å². The Bertz CT molecular complexity index is 767. The number of aliphatic hydroxyl groups is 1. The van der Waals surface area contributed by atoms with Gasteiger partial charge in [-0.2, -0.15) is 13.2 Å². The number of carbonyl (C=O) groups excluding carboxylic acids is 1. The molecule has 4 rings (SSSR count). The fourth-order valence-electron chi connectivity index (χ4n) is 4.98. The van der Waals surface area contributed by atoms with E-state index in [4.69, 9.17) is 4.74 Å².